The fraction of sp³-hybridized carbons (Fsp3) is 0.667. The molecule has 5 nitrogen and oxygen atoms in total. The molecule has 20 heavy (non-hydrogen) atoms. The summed E-state index contributed by atoms with van der Waals surface area (Å²) in [7, 11) is -1.44. The zero-order valence-corrected chi connectivity index (χ0v) is 14.9. The average molecular weight is 382 g/mol. The van der Waals surface area contributed by atoms with Gasteiger partial charge in [-0.1, -0.05) is 0 Å². The molecule has 2 heterocycles. The maximum atomic E-state index is 12.9. The van der Waals surface area contributed by atoms with Crippen LogP contribution in [0.2, 0.25) is 0 Å². The second-order valence-electron chi connectivity index (χ2n) is 5.14. The highest BCUT2D eigenvalue weighted by molar-refractivity contribution is 9.11. The van der Waals surface area contributed by atoms with Gasteiger partial charge in [-0.15, -0.1) is 11.3 Å². The van der Waals surface area contributed by atoms with Crippen LogP contribution in [-0.4, -0.2) is 50.3 Å². The Balaban J connectivity index is 2.35. The van der Waals surface area contributed by atoms with Crippen molar-refractivity contribution in [2.75, 3.05) is 26.7 Å². The Morgan fingerprint density at radius 1 is 1.50 bits per heavy atom. The number of rotatable bonds is 3. The van der Waals surface area contributed by atoms with Crippen molar-refractivity contribution in [1.82, 2.24) is 9.21 Å². The van der Waals surface area contributed by atoms with E-state index >= 15 is 0 Å². The molecule has 8 heteroatoms. The number of halogens is 1. The second kappa shape index (κ2) is 6.41. The summed E-state index contributed by atoms with van der Waals surface area (Å²) in [4.78, 5) is 3.39. The molecule has 1 aromatic rings. The van der Waals surface area contributed by atoms with E-state index in [-0.39, 0.29) is 6.04 Å². The molecule has 0 spiro atoms. The van der Waals surface area contributed by atoms with E-state index in [1.54, 1.807) is 10.4 Å². The number of sulfonamides is 1. The van der Waals surface area contributed by atoms with E-state index in [1.807, 2.05) is 14.0 Å². The van der Waals surface area contributed by atoms with Gasteiger partial charge in [0.25, 0.3) is 0 Å². The molecule has 1 aliphatic heterocycles. The summed E-state index contributed by atoms with van der Waals surface area (Å²) in [6.07, 6.45) is 0.853. The third kappa shape index (κ3) is 3.26. The van der Waals surface area contributed by atoms with Gasteiger partial charge >= 0.3 is 0 Å². The van der Waals surface area contributed by atoms with Crippen LogP contribution in [0.5, 0.6) is 0 Å². The van der Waals surface area contributed by atoms with Crippen molar-refractivity contribution >= 4 is 37.3 Å². The number of nitrogens with two attached hydrogens (primary N) is 1. The molecule has 0 aromatic carbocycles. The van der Waals surface area contributed by atoms with E-state index in [0.29, 0.717) is 21.8 Å². The molecule has 0 aliphatic carbocycles. The van der Waals surface area contributed by atoms with Crippen molar-refractivity contribution in [3.8, 4) is 0 Å². The molecular formula is C12H20BrN3O2S2. The van der Waals surface area contributed by atoms with Crippen LogP contribution in [0, 0.1) is 0 Å². The van der Waals surface area contributed by atoms with Gasteiger partial charge in [-0.2, -0.15) is 4.31 Å². The highest BCUT2D eigenvalue weighted by Crippen LogP contribution is 2.34. The Labute approximate surface area is 132 Å². The van der Waals surface area contributed by atoms with Gasteiger partial charge < -0.3 is 10.6 Å². The molecule has 2 N–H and O–H groups in total. The van der Waals surface area contributed by atoms with E-state index in [1.165, 1.54) is 11.3 Å². The summed E-state index contributed by atoms with van der Waals surface area (Å²) in [6, 6.07) is 1.66. The molecule has 1 fully saturated rings. The van der Waals surface area contributed by atoms with Crippen LogP contribution in [0.15, 0.2) is 14.7 Å². The van der Waals surface area contributed by atoms with E-state index in [0.717, 1.165) is 24.4 Å². The molecule has 0 bridgehead atoms. The third-order valence-electron chi connectivity index (χ3n) is 3.48. The monoisotopic (exact) mass is 381 g/mol. The molecule has 1 aromatic heterocycles. The molecule has 2 rings (SSSR count). The third-order valence-corrected chi connectivity index (χ3v) is 7.77. The molecule has 0 radical (unpaired) electrons. The summed E-state index contributed by atoms with van der Waals surface area (Å²) in [5, 5.41) is 0. The van der Waals surface area contributed by atoms with Crippen LogP contribution in [0.3, 0.4) is 0 Å². The fourth-order valence-electron chi connectivity index (χ4n) is 2.51. The molecule has 1 saturated heterocycles. The second-order valence-corrected chi connectivity index (χ2v) is 9.45. The van der Waals surface area contributed by atoms with Crippen LogP contribution < -0.4 is 5.73 Å². The van der Waals surface area contributed by atoms with Gasteiger partial charge in [-0.3, -0.25) is 0 Å². The van der Waals surface area contributed by atoms with Crippen molar-refractivity contribution in [2.24, 2.45) is 5.73 Å². The molecule has 114 valence electrons. The van der Waals surface area contributed by atoms with Gasteiger partial charge in [0.2, 0.25) is 10.0 Å². The highest BCUT2D eigenvalue weighted by Gasteiger charge is 2.33. The maximum Gasteiger partial charge on any atom is 0.245 e. The number of thiophene rings is 1. The Morgan fingerprint density at radius 3 is 2.80 bits per heavy atom. The largest absolute Gasteiger partial charge is 0.326 e. The lowest BCUT2D eigenvalue weighted by Gasteiger charge is -2.26. The number of likely N-dealkylation sites (N-methyl/N-ethyl adjacent to an activating group) is 1. The van der Waals surface area contributed by atoms with Gasteiger partial charge in [0.15, 0.2) is 0 Å². The van der Waals surface area contributed by atoms with Crippen molar-refractivity contribution in [2.45, 2.75) is 30.8 Å². The van der Waals surface area contributed by atoms with E-state index in [9.17, 15) is 8.42 Å². The van der Waals surface area contributed by atoms with Crippen molar-refractivity contribution in [3.63, 3.8) is 0 Å². The normalized spacial score (nSPS) is 22.9. The lowest BCUT2D eigenvalue weighted by atomic mass is 10.3. The van der Waals surface area contributed by atoms with Gasteiger partial charge in [-0.25, -0.2) is 8.42 Å². The first kappa shape index (κ1) is 16.4. The first-order valence-electron chi connectivity index (χ1n) is 6.55. The minimum Gasteiger partial charge on any atom is -0.326 e. The van der Waals surface area contributed by atoms with Gasteiger partial charge in [0, 0.05) is 30.6 Å². The smallest absolute Gasteiger partial charge is 0.245 e. The first-order valence-corrected chi connectivity index (χ1v) is 9.60. The van der Waals surface area contributed by atoms with Gasteiger partial charge in [0.1, 0.15) is 4.90 Å². The molecule has 0 saturated carbocycles. The van der Waals surface area contributed by atoms with E-state index in [2.05, 4.69) is 20.8 Å². The minimum atomic E-state index is -3.46. The predicted molar refractivity (Wildman–Crippen MR) is 85.4 cm³/mol. The highest BCUT2D eigenvalue weighted by atomic mass is 79.9. The van der Waals surface area contributed by atoms with Crippen molar-refractivity contribution < 1.29 is 8.42 Å². The van der Waals surface area contributed by atoms with Crippen LogP contribution in [0.1, 0.15) is 18.2 Å². The quantitative estimate of drug-likeness (QED) is 0.864. The Bertz CT molecular complexity index is 573. The summed E-state index contributed by atoms with van der Waals surface area (Å²) < 4.78 is 28.0. The summed E-state index contributed by atoms with van der Waals surface area (Å²) in [6.45, 7) is 4.56. The maximum absolute atomic E-state index is 12.9. The lowest BCUT2D eigenvalue weighted by molar-refractivity contribution is 0.290. The van der Waals surface area contributed by atoms with E-state index in [4.69, 9.17) is 5.73 Å². The molecule has 1 unspecified atom stereocenters. The zero-order chi connectivity index (χ0) is 14.9. The standard InChI is InChI=1S/C12H20BrN3O2S2/c1-9-8-15(2)4-3-5-16(9)20(17,18)11-6-10(7-14)19-12(11)13/h6,9H,3-5,7-8,14H2,1-2H3. The SMILES string of the molecule is CC1CN(C)CCCN1S(=O)(=O)c1cc(CN)sc1Br. The van der Waals surface area contributed by atoms with E-state index < -0.39 is 10.0 Å². The lowest BCUT2D eigenvalue weighted by Crippen LogP contribution is -2.41. The van der Waals surface area contributed by atoms with Crippen LogP contribution in [-0.2, 0) is 16.6 Å². The van der Waals surface area contributed by atoms with Gasteiger partial charge in [0.05, 0.1) is 3.79 Å². The number of hydrogen-bond acceptors (Lipinski definition) is 5. The van der Waals surface area contributed by atoms with Crippen LogP contribution in [0.4, 0.5) is 0 Å². The zero-order valence-electron chi connectivity index (χ0n) is 11.7. The average Bonchev–Trinajstić information content (AvgIpc) is 2.67. The number of nitrogens with zero attached hydrogens (tertiary/aromatic N) is 2. The predicted octanol–water partition coefficient (Wildman–Crippen LogP) is 1.68. The minimum absolute atomic E-state index is 0.0272. The van der Waals surface area contributed by atoms with Crippen molar-refractivity contribution in [3.05, 3.63) is 14.7 Å². The number of hydrogen-bond donors (Lipinski definition) is 1. The first-order chi connectivity index (χ1) is 9.36. The van der Waals surface area contributed by atoms with Crippen LogP contribution >= 0.6 is 27.3 Å². The Morgan fingerprint density at radius 2 is 2.20 bits per heavy atom. The van der Waals surface area contributed by atoms with Crippen molar-refractivity contribution in [1.29, 1.82) is 0 Å². The summed E-state index contributed by atoms with van der Waals surface area (Å²) in [5.74, 6) is 0. The summed E-state index contributed by atoms with van der Waals surface area (Å²) in [5.41, 5.74) is 5.60. The topological polar surface area (TPSA) is 66.6 Å². The molecule has 1 aliphatic rings. The Hall–Kier alpha value is 0.01000. The molecular weight excluding hydrogens is 362 g/mol. The molecule has 1 atom stereocenters. The van der Waals surface area contributed by atoms with Gasteiger partial charge in [-0.05, 0) is 48.9 Å². The fourth-order valence-corrected chi connectivity index (χ4v) is 6.68. The van der Waals surface area contributed by atoms with Crippen LogP contribution in [0.25, 0.3) is 0 Å². The Kier molecular flexibility index (Phi) is 5.25. The summed E-state index contributed by atoms with van der Waals surface area (Å²) >= 11 is 4.75. The molecule has 0 amide bonds.